The monoisotopic (exact) mass is 388 g/mol. The summed E-state index contributed by atoms with van der Waals surface area (Å²) < 4.78 is 0. The maximum atomic E-state index is 10.9. The van der Waals surface area contributed by atoms with Crippen LogP contribution in [0, 0.1) is 20.2 Å². The molecule has 3 N–H and O–H groups in total. The zero-order valence-corrected chi connectivity index (χ0v) is 15.7. The van der Waals surface area contributed by atoms with E-state index in [9.17, 15) is 25.3 Å². The van der Waals surface area contributed by atoms with E-state index in [0.717, 1.165) is 11.1 Å². The number of nitro groups is 2. The molecule has 0 aromatic heterocycles. The van der Waals surface area contributed by atoms with Crippen LogP contribution < -0.4 is 10.6 Å². The van der Waals surface area contributed by atoms with Crippen LogP contribution in [0.2, 0.25) is 0 Å². The molecule has 9 heteroatoms. The number of hydrogen-bond acceptors (Lipinski definition) is 7. The Bertz CT molecular complexity index is 762. The van der Waals surface area contributed by atoms with E-state index < -0.39 is 16.0 Å². The fraction of sp³-hybridized carbons (Fsp3) is 0.368. The molecule has 150 valence electrons. The molecule has 0 amide bonds. The fourth-order valence-corrected chi connectivity index (χ4v) is 2.75. The Morgan fingerprint density at radius 1 is 0.857 bits per heavy atom. The van der Waals surface area contributed by atoms with Crippen LogP contribution in [0.1, 0.15) is 37.1 Å². The summed E-state index contributed by atoms with van der Waals surface area (Å²) >= 11 is 0. The summed E-state index contributed by atoms with van der Waals surface area (Å²) in [6.07, 6.45) is -0.692. The second-order valence-electron chi connectivity index (χ2n) is 6.62. The normalized spacial score (nSPS) is 13.3. The Hall–Kier alpha value is -2.88. The number of non-ortho nitro benzene ring substituents is 2. The summed E-state index contributed by atoms with van der Waals surface area (Å²) in [5.74, 6) is 0. The van der Waals surface area contributed by atoms with Crippen molar-refractivity contribution in [3.05, 3.63) is 79.9 Å². The maximum Gasteiger partial charge on any atom is 0.269 e. The Labute approximate surface area is 162 Å². The van der Waals surface area contributed by atoms with Crippen molar-refractivity contribution < 1.29 is 15.0 Å². The fourth-order valence-electron chi connectivity index (χ4n) is 2.75. The molecule has 0 aliphatic heterocycles. The maximum absolute atomic E-state index is 10.9. The van der Waals surface area contributed by atoms with Crippen LogP contribution in [0.3, 0.4) is 0 Å². The van der Waals surface area contributed by atoms with E-state index in [-0.39, 0.29) is 23.5 Å². The Morgan fingerprint density at radius 2 is 1.25 bits per heavy atom. The average Bonchev–Trinajstić information content (AvgIpc) is 2.70. The van der Waals surface area contributed by atoms with Gasteiger partial charge in [-0.3, -0.25) is 20.2 Å². The molecule has 2 aromatic rings. The van der Waals surface area contributed by atoms with Crippen molar-refractivity contribution in [2.45, 2.75) is 32.0 Å². The van der Waals surface area contributed by atoms with E-state index in [2.05, 4.69) is 10.6 Å². The first-order chi connectivity index (χ1) is 13.3. The largest absolute Gasteiger partial charge is 0.390 e. The van der Waals surface area contributed by atoms with Gasteiger partial charge in [0.2, 0.25) is 0 Å². The van der Waals surface area contributed by atoms with Gasteiger partial charge in [0.1, 0.15) is 0 Å². The predicted octanol–water partition coefficient (Wildman–Crippen LogP) is 2.87. The molecule has 9 nitrogen and oxygen atoms in total. The standard InChI is InChI=1S/C19H24N4O5/c1-13(15-5-3-7-17(9-15)22(25)26)20-11-19(24)12-21-14(2)16-6-4-8-18(10-16)23(27)28/h3-10,13-14,19-21,24H,11-12H2,1-2H3/t13-,14-/m0/s1. The molecule has 2 atom stereocenters. The minimum atomic E-state index is -0.692. The van der Waals surface area contributed by atoms with Gasteiger partial charge in [-0.05, 0) is 25.0 Å². The molecule has 0 bridgehead atoms. The van der Waals surface area contributed by atoms with E-state index in [1.807, 2.05) is 13.8 Å². The summed E-state index contributed by atoms with van der Waals surface area (Å²) in [5.41, 5.74) is 1.58. The van der Waals surface area contributed by atoms with Crippen molar-refractivity contribution in [3.63, 3.8) is 0 Å². The number of nitro benzene ring substituents is 2. The Balaban J connectivity index is 1.83. The van der Waals surface area contributed by atoms with Gasteiger partial charge in [-0.25, -0.2) is 0 Å². The van der Waals surface area contributed by atoms with Gasteiger partial charge >= 0.3 is 0 Å². The molecule has 2 aromatic carbocycles. The van der Waals surface area contributed by atoms with Gasteiger partial charge < -0.3 is 15.7 Å². The lowest BCUT2D eigenvalue weighted by Crippen LogP contribution is -2.37. The topological polar surface area (TPSA) is 131 Å². The van der Waals surface area contributed by atoms with Crippen molar-refractivity contribution in [2.75, 3.05) is 13.1 Å². The zero-order valence-electron chi connectivity index (χ0n) is 15.7. The highest BCUT2D eigenvalue weighted by Gasteiger charge is 2.14. The first-order valence-corrected chi connectivity index (χ1v) is 8.91. The number of nitrogens with zero attached hydrogens (tertiary/aromatic N) is 2. The van der Waals surface area contributed by atoms with Crippen LogP contribution in [0.4, 0.5) is 11.4 Å². The molecule has 0 aliphatic rings. The van der Waals surface area contributed by atoms with Crippen molar-refractivity contribution in [1.82, 2.24) is 10.6 Å². The lowest BCUT2D eigenvalue weighted by Gasteiger charge is -2.20. The minimum Gasteiger partial charge on any atom is -0.390 e. The zero-order chi connectivity index (χ0) is 20.7. The number of aliphatic hydroxyl groups excluding tert-OH is 1. The second-order valence-corrected chi connectivity index (χ2v) is 6.62. The predicted molar refractivity (Wildman–Crippen MR) is 105 cm³/mol. The van der Waals surface area contributed by atoms with Gasteiger partial charge in [-0.1, -0.05) is 24.3 Å². The number of benzene rings is 2. The van der Waals surface area contributed by atoms with Crippen LogP contribution in [0.15, 0.2) is 48.5 Å². The molecule has 0 saturated carbocycles. The second kappa shape index (κ2) is 9.88. The van der Waals surface area contributed by atoms with Gasteiger partial charge in [0, 0.05) is 49.4 Å². The first-order valence-electron chi connectivity index (χ1n) is 8.91. The molecule has 2 rings (SSSR count). The smallest absolute Gasteiger partial charge is 0.269 e. The third-order valence-electron chi connectivity index (χ3n) is 4.48. The van der Waals surface area contributed by atoms with Crippen LogP contribution >= 0.6 is 0 Å². The van der Waals surface area contributed by atoms with Crippen molar-refractivity contribution in [2.24, 2.45) is 0 Å². The highest BCUT2D eigenvalue weighted by molar-refractivity contribution is 5.36. The molecule has 0 saturated heterocycles. The van der Waals surface area contributed by atoms with Crippen LogP contribution in [-0.4, -0.2) is 34.1 Å². The SMILES string of the molecule is C[C@H](NCC(O)CN[C@@H](C)c1cccc([N+](=O)[O-])c1)c1cccc([N+](=O)[O-])c1. The van der Waals surface area contributed by atoms with Gasteiger partial charge in [-0.2, -0.15) is 0 Å². The van der Waals surface area contributed by atoms with Crippen LogP contribution in [-0.2, 0) is 0 Å². The quantitative estimate of drug-likeness (QED) is 0.421. The molecule has 0 heterocycles. The average molecular weight is 388 g/mol. The summed E-state index contributed by atoms with van der Waals surface area (Å²) in [4.78, 5) is 20.9. The summed E-state index contributed by atoms with van der Waals surface area (Å²) in [7, 11) is 0. The number of rotatable bonds is 10. The third kappa shape index (κ3) is 6.08. The van der Waals surface area contributed by atoms with Gasteiger partial charge in [0.25, 0.3) is 11.4 Å². The molecule has 0 spiro atoms. The van der Waals surface area contributed by atoms with E-state index >= 15 is 0 Å². The molecular weight excluding hydrogens is 364 g/mol. The Morgan fingerprint density at radius 3 is 1.61 bits per heavy atom. The number of hydrogen-bond donors (Lipinski definition) is 3. The van der Waals surface area contributed by atoms with Gasteiger partial charge in [0.05, 0.1) is 16.0 Å². The van der Waals surface area contributed by atoms with E-state index in [1.54, 1.807) is 24.3 Å². The van der Waals surface area contributed by atoms with Crippen molar-refractivity contribution in [3.8, 4) is 0 Å². The molecule has 0 fully saturated rings. The lowest BCUT2D eigenvalue weighted by atomic mass is 10.1. The molecule has 28 heavy (non-hydrogen) atoms. The van der Waals surface area contributed by atoms with E-state index in [4.69, 9.17) is 0 Å². The lowest BCUT2D eigenvalue weighted by molar-refractivity contribution is -0.385. The number of nitrogens with one attached hydrogen (secondary N) is 2. The molecular formula is C19H24N4O5. The summed E-state index contributed by atoms with van der Waals surface area (Å²) in [5, 5.41) is 38.2. The van der Waals surface area contributed by atoms with Crippen LogP contribution in [0.25, 0.3) is 0 Å². The summed E-state index contributed by atoms with van der Waals surface area (Å²) in [6, 6.07) is 12.4. The molecule has 0 unspecified atom stereocenters. The van der Waals surface area contributed by atoms with Crippen molar-refractivity contribution >= 4 is 11.4 Å². The van der Waals surface area contributed by atoms with Crippen LogP contribution in [0.5, 0.6) is 0 Å². The van der Waals surface area contributed by atoms with Gasteiger partial charge in [-0.15, -0.1) is 0 Å². The van der Waals surface area contributed by atoms with E-state index in [1.165, 1.54) is 24.3 Å². The van der Waals surface area contributed by atoms with E-state index in [0.29, 0.717) is 13.1 Å². The van der Waals surface area contributed by atoms with Crippen molar-refractivity contribution in [1.29, 1.82) is 0 Å². The third-order valence-corrected chi connectivity index (χ3v) is 4.48. The Kier molecular flexibility index (Phi) is 7.56. The van der Waals surface area contributed by atoms with Gasteiger partial charge in [0.15, 0.2) is 0 Å². The summed E-state index contributed by atoms with van der Waals surface area (Å²) in [6.45, 7) is 4.31. The molecule has 0 radical (unpaired) electrons. The minimum absolute atomic E-state index is 0.0270. The number of aliphatic hydroxyl groups is 1. The first kappa shape index (κ1) is 21.4. The highest BCUT2D eigenvalue weighted by Crippen LogP contribution is 2.20. The highest BCUT2D eigenvalue weighted by atomic mass is 16.6. The molecule has 0 aliphatic carbocycles.